The van der Waals surface area contributed by atoms with Crippen LogP contribution in [0.1, 0.15) is 19.8 Å². The molecule has 7 nitrogen and oxygen atoms in total. The third-order valence-corrected chi connectivity index (χ3v) is 5.29. The number of likely N-dealkylation sites (tertiary alicyclic amines) is 1. The summed E-state index contributed by atoms with van der Waals surface area (Å²) in [5, 5.41) is 7.90. The number of pyridine rings is 2. The van der Waals surface area contributed by atoms with E-state index in [0.29, 0.717) is 31.7 Å². The number of carbonyl (C=O) groups excluding carboxylic acids is 1. The number of alkyl halides is 2. The zero-order valence-electron chi connectivity index (χ0n) is 17.0. The van der Waals surface area contributed by atoms with E-state index in [-0.39, 0.29) is 18.4 Å². The van der Waals surface area contributed by atoms with Gasteiger partial charge >= 0.3 is 0 Å². The summed E-state index contributed by atoms with van der Waals surface area (Å²) in [7, 11) is 1.85. The second-order valence-corrected chi connectivity index (χ2v) is 7.97. The van der Waals surface area contributed by atoms with Gasteiger partial charge in [-0.2, -0.15) is 5.10 Å². The maximum atomic E-state index is 13.2. The third-order valence-electron chi connectivity index (χ3n) is 5.29. The predicted molar refractivity (Wildman–Crippen MR) is 110 cm³/mol. The molecule has 1 fully saturated rings. The highest BCUT2D eigenvalue weighted by molar-refractivity contribution is 5.93. The zero-order chi connectivity index (χ0) is 21.3. The standard InChI is InChI=1S/C21H24F2N6O/c1-21(22,23)13-29-7-5-14(6-8-29)20(30)27-19-9-18-15(10-24-19)3-4-17(26-18)16-11-25-28(2)12-16/h3-4,9-12,14H,5-8,13H2,1-2H3,(H,24,27,30). The summed E-state index contributed by atoms with van der Waals surface area (Å²) >= 11 is 0. The molecule has 30 heavy (non-hydrogen) atoms. The zero-order valence-corrected chi connectivity index (χ0v) is 17.0. The summed E-state index contributed by atoms with van der Waals surface area (Å²) in [5.74, 6) is -2.62. The van der Waals surface area contributed by atoms with Gasteiger partial charge in [0.2, 0.25) is 5.91 Å². The van der Waals surface area contributed by atoms with Crippen LogP contribution in [0.5, 0.6) is 0 Å². The predicted octanol–water partition coefficient (Wildman–Crippen LogP) is 3.34. The molecule has 4 rings (SSSR count). The number of hydrogen-bond donors (Lipinski definition) is 1. The molecule has 1 amide bonds. The molecule has 0 radical (unpaired) electrons. The molecule has 9 heteroatoms. The molecule has 1 aliphatic heterocycles. The van der Waals surface area contributed by atoms with Gasteiger partial charge in [0, 0.05) is 49.3 Å². The first-order chi connectivity index (χ1) is 14.3. The molecule has 3 aromatic heterocycles. The Kier molecular flexibility index (Phi) is 5.46. The minimum atomic E-state index is -2.72. The summed E-state index contributed by atoms with van der Waals surface area (Å²) < 4.78 is 28.1. The molecular formula is C21H24F2N6O. The minimum Gasteiger partial charge on any atom is -0.310 e. The number of nitrogens with one attached hydrogen (secondary N) is 1. The number of fused-ring (bicyclic) bond motifs is 1. The van der Waals surface area contributed by atoms with Gasteiger partial charge in [-0.05, 0) is 38.1 Å². The number of hydrogen-bond acceptors (Lipinski definition) is 5. The summed E-state index contributed by atoms with van der Waals surface area (Å²) in [5.41, 5.74) is 2.42. The minimum absolute atomic E-state index is 0.131. The van der Waals surface area contributed by atoms with E-state index in [9.17, 15) is 13.6 Å². The quantitative estimate of drug-likeness (QED) is 0.693. The van der Waals surface area contributed by atoms with Gasteiger partial charge in [0.05, 0.1) is 24.0 Å². The lowest BCUT2D eigenvalue weighted by Gasteiger charge is -2.32. The summed E-state index contributed by atoms with van der Waals surface area (Å²) in [4.78, 5) is 23.3. The van der Waals surface area contributed by atoms with Crippen molar-refractivity contribution in [3.63, 3.8) is 0 Å². The molecule has 0 aromatic carbocycles. The van der Waals surface area contributed by atoms with E-state index in [1.54, 1.807) is 28.0 Å². The number of aryl methyl sites for hydroxylation is 1. The summed E-state index contributed by atoms with van der Waals surface area (Å²) in [6.45, 7) is 1.63. The lowest BCUT2D eigenvalue weighted by atomic mass is 9.95. The molecule has 4 heterocycles. The highest BCUT2D eigenvalue weighted by atomic mass is 19.3. The molecule has 1 N–H and O–H groups in total. The molecule has 1 saturated heterocycles. The SMILES string of the molecule is Cn1cc(-c2ccc3cnc(NC(=O)C4CCN(CC(C)(F)F)CC4)cc3n2)cn1. The van der Waals surface area contributed by atoms with E-state index in [4.69, 9.17) is 0 Å². The van der Waals surface area contributed by atoms with Crippen LogP contribution in [0.15, 0.2) is 36.8 Å². The van der Waals surface area contributed by atoms with Crippen LogP contribution < -0.4 is 5.32 Å². The van der Waals surface area contributed by atoms with Crippen LogP contribution in [-0.2, 0) is 11.8 Å². The van der Waals surface area contributed by atoms with E-state index >= 15 is 0 Å². The van der Waals surface area contributed by atoms with Gasteiger partial charge in [-0.25, -0.2) is 18.7 Å². The van der Waals surface area contributed by atoms with Gasteiger partial charge in [-0.1, -0.05) is 0 Å². The number of anilines is 1. The molecule has 0 unspecified atom stereocenters. The number of nitrogens with zero attached hydrogens (tertiary/aromatic N) is 5. The van der Waals surface area contributed by atoms with Gasteiger partial charge in [0.1, 0.15) is 5.82 Å². The smallest absolute Gasteiger partial charge is 0.257 e. The second kappa shape index (κ2) is 8.06. The van der Waals surface area contributed by atoms with Crippen molar-refractivity contribution in [2.75, 3.05) is 25.0 Å². The van der Waals surface area contributed by atoms with Crippen molar-refractivity contribution in [1.82, 2.24) is 24.6 Å². The van der Waals surface area contributed by atoms with Crippen molar-refractivity contribution in [2.45, 2.75) is 25.7 Å². The number of halogens is 2. The van der Waals surface area contributed by atoms with Crippen LogP contribution in [0.2, 0.25) is 0 Å². The normalized spacial score (nSPS) is 16.1. The van der Waals surface area contributed by atoms with Crippen molar-refractivity contribution >= 4 is 22.6 Å². The molecule has 0 atom stereocenters. The van der Waals surface area contributed by atoms with Gasteiger partial charge in [-0.15, -0.1) is 0 Å². The molecule has 0 spiro atoms. The number of rotatable bonds is 5. The number of carbonyl (C=O) groups is 1. The highest BCUT2D eigenvalue weighted by Gasteiger charge is 2.30. The average molecular weight is 414 g/mol. The summed E-state index contributed by atoms with van der Waals surface area (Å²) in [6, 6.07) is 5.59. The van der Waals surface area contributed by atoms with Gasteiger partial charge in [-0.3, -0.25) is 14.4 Å². The van der Waals surface area contributed by atoms with Crippen LogP contribution in [0.25, 0.3) is 22.2 Å². The van der Waals surface area contributed by atoms with Crippen LogP contribution >= 0.6 is 0 Å². The fourth-order valence-electron chi connectivity index (χ4n) is 3.77. The van der Waals surface area contributed by atoms with Crippen molar-refractivity contribution in [2.24, 2.45) is 13.0 Å². The van der Waals surface area contributed by atoms with E-state index in [0.717, 1.165) is 29.1 Å². The molecule has 0 saturated carbocycles. The number of amides is 1. The molecule has 3 aromatic rings. The van der Waals surface area contributed by atoms with Crippen molar-refractivity contribution in [3.8, 4) is 11.3 Å². The molecule has 158 valence electrons. The maximum absolute atomic E-state index is 13.2. The monoisotopic (exact) mass is 414 g/mol. The number of piperidine rings is 1. The average Bonchev–Trinajstić information content (AvgIpc) is 3.13. The lowest BCUT2D eigenvalue weighted by molar-refractivity contribution is -0.121. The van der Waals surface area contributed by atoms with Crippen LogP contribution in [0, 0.1) is 5.92 Å². The van der Waals surface area contributed by atoms with Gasteiger partial charge in [0.25, 0.3) is 5.92 Å². The third kappa shape index (κ3) is 4.79. The number of aromatic nitrogens is 4. The Hall–Kier alpha value is -2.94. The fourth-order valence-corrected chi connectivity index (χ4v) is 3.77. The Labute approximate surface area is 173 Å². The topological polar surface area (TPSA) is 75.9 Å². The Balaban J connectivity index is 1.43. The van der Waals surface area contributed by atoms with E-state index in [1.165, 1.54) is 0 Å². The highest BCUT2D eigenvalue weighted by Crippen LogP contribution is 2.24. The Bertz CT molecular complexity index is 1050. The largest absolute Gasteiger partial charge is 0.310 e. The van der Waals surface area contributed by atoms with E-state index in [2.05, 4.69) is 20.4 Å². The van der Waals surface area contributed by atoms with Crippen LogP contribution in [-0.4, -0.2) is 56.1 Å². The van der Waals surface area contributed by atoms with E-state index in [1.807, 2.05) is 25.4 Å². The maximum Gasteiger partial charge on any atom is 0.257 e. The van der Waals surface area contributed by atoms with Crippen molar-refractivity contribution in [1.29, 1.82) is 0 Å². The molecular weight excluding hydrogens is 390 g/mol. The summed E-state index contributed by atoms with van der Waals surface area (Å²) in [6.07, 6.45) is 6.42. The molecule has 0 bridgehead atoms. The Morgan fingerprint density at radius 2 is 2.03 bits per heavy atom. The molecule has 1 aliphatic rings. The fraction of sp³-hybridized carbons (Fsp3) is 0.429. The second-order valence-electron chi connectivity index (χ2n) is 7.97. The lowest BCUT2D eigenvalue weighted by Crippen LogP contribution is -2.42. The Morgan fingerprint density at radius 3 is 2.70 bits per heavy atom. The first-order valence-corrected chi connectivity index (χ1v) is 9.94. The van der Waals surface area contributed by atoms with Crippen LogP contribution in [0.4, 0.5) is 14.6 Å². The first kappa shape index (κ1) is 20.3. The van der Waals surface area contributed by atoms with E-state index < -0.39 is 5.92 Å². The first-order valence-electron chi connectivity index (χ1n) is 9.94. The van der Waals surface area contributed by atoms with Crippen LogP contribution in [0.3, 0.4) is 0 Å². The van der Waals surface area contributed by atoms with Crippen molar-refractivity contribution < 1.29 is 13.6 Å². The van der Waals surface area contributed by atoms with Gasteiger partial charge < -0.3 is 5.32 Å². The Morgan fingerprint density at radius 1 is 1.27 bits per heavy atom. The van der Waals surface area contributed by atoms with Crippen molar-refractivity contribution in [3.05, 3.63) is 36.8 Å². The van der Waals surface area contributed by atoms with Gasteiger partial charge in [0.15, 0.2) is 0 Å². The molecule has 0 aliphatic carbocycles.